The quantitative estimate of drug-likeness (QED) is 0.430. The van der Waals surface area contributed by atoms with Gasteiger partial charge in [0, 0.05) is 0 Å². The van der Waals surface area contributed by atoms with Gasteiger partial charge in [0.2, 0.25) is 0 Å². The first-order chi connectivity index (χ1) is 8.03. The standard InChI is InChI=1S/C9H14O.C4H10.C3H8/c1-5-8(2)6-7-9(3)10-4;1-3-4-2;1-3-2/h6-7H,2-3,5H2,1,4H3;3-4H2,1-2H3;3H2,1-2H3/b7-6-;;. The van der Waals surface area contributed by atoms with E-state index >= 15 is 0 Å². The number of unbranched alkanes of at least 4 members (excludes halogenated alkanes) is 1. The van der Waals surface area contributed by atoms with Crippen LogP contribution in [0.2, 0.25) is 0 Å². The van der Waals surface area contributed by atoms with Gasteiger partial charge in [0.05, 0.1) is 7.11 Å². The van der Waals surface area contributed by atoms with E-state index in [4.69, 9.17) is 4.74 Å². The van der Waals surface area contributed by atoms with E-state index < -0.39 is 0 Å². The van der Waals surface area contributed by atoms with Crippen molar-refractivity contribution < 1.29 is 4.74 Å². The van der Waals surface area contributed by atoms with Crippen LogP contribution >= 0.6 is 0 Å². The van der Waals surface area contributed by atoms with Crippen molar-refractivity contribution in [1.29, 1.82) is 0 Å². The van der Waals surface area contributed by atoms with E-state index in [9.17, 15) is 0 Å². The Morgan fingerprint density at radius 1 is 0.941 bits per heavy atom. The van der Waals surface area contributed by atoms with Crippen LogP contribution in [0.5, 0.6) is 0 Å². The Bertz CT molecular complexity index is 170. The lowest BCUT2D eigenvalue weighted by Crippen LogP contribution is -1.77. The molecule has 0 amide bonds. The highest BCUT2D eigenvalue weighted by Gasteiger charge is 1.83. The molecule has 102 valence electrons. The summed E-state index contributed by atoms with van der Waals surface area (Å²) in [6.07, 6.45) is 8.57. The summed E-state index contributed by atoms with van der Waals surface area (Å²) >= 11 is 0. The second-order valence-corrected chi connectivity index (χ2v) is 3.72. The van der Waals surface area contributed by atoms with Crippen LogP contribution in [-0.4, -0.2) is 7.11 Å². The van der Waals surface area contributed by atoms with Crippen molar-refractivity contribution in [3.05, 3.63) is 36.6 Å². The summed E-state index contributed by atoms with van der Waals surface area (Å²) in [6.45, 7) is 18.1. The summed E-state index contributed by atoms with van der Waals surface area (Å²) < 4.78 is 4.82. The summed E-state index contributed by atoms with van der Waals surface area (Å²) in [5.41, 5.74) is 1.08. The molecule has 0 aliphatic heterocycles. The lowest BCUT2D eigenvalue weighted by atomic mass is 10.2. The summed E-state index contributed by atoms with van der Waals surface area (Å²) in [5, 5.41) is 0. The monoisotopic (exact) mass is 240 g/mol. The van der Waals surface area contributed by atoms with E-state index in [1.54, 1.807) is 7.11 Å². The molecule has 0 atom stereocenters. The first kappa shape index (κ1) is 21.3. The fourth-order valence-corrected chi connectivity index (χ4v) is 0.397. The molecule has 0 aliphatic carbocycles. The van der Waals surface area contributed by atoms with E-state index in [0.717, 1.165) is 12.0 Å². The second-order valence-electron chi connectivity index (χ2n) is 3.72. The fraction of sp³-hybridized carbons (Fsp3) is 0.625. The molecule has 0 rings (SSSR count). The molecule has 1 nitrogen and oxygen atoms in total. The molecule has 0 heterocycles. The molecule has 0 aromatic carbocycles. The summed E-state index contributed by atoms with van der Waals surface area (Å²) in [7, 11) is 1.60. The predicted octanol–water partition coefficient (Wildman–Crippen LogP) is 5.89. The van der Waals surface area contributed by atoms with Crippen LogP contribution in [0.4, 0.5) is 0 Å². The molecule has 0 spiro atoms. The van der Waals surface area contributed by atoms with Gasteiger partial charge in [-0.1, -0.05) is 78.7 Å². The van der Waals surface area contributed by atoms with Gasteiger partial charge in [0.1, 0.15) is 5.76 Å². The van der Waals surface area contributed by atoms with Crippen LogP contribution in [-0.2, 0) is 4.74 Å². The third-order valence-electron chi connectivity index (χ3n) is 1.72. The number of rotatable bonds is 5. The zero-order valence-corrected chi connectivity index (χ0v) is 12.8. The average Bonchev–Trinajstić information content (AvgIpc) is 2.36. The molecule has 17 heavy (non-hydrogen) atoms. The second kappa shape index (κ2) is 20.4. The summed E-state index contributed by atoms with van der Waals surface area (Å²) in [5.74, 6) is 0.662. The van der Waals surface area contributed by atoms with Crippen LogP contribution in [0.25, 0.3) is 0 Å². The van der Waals surface area contributed by atoms with Gasteiger partial charge in [-0.05, 0) is 12.5 Å². The van der Waals surface area contributed by atoms with Crippen LogP contribution in [0.3, 0.4) is 0 Å². The first-order valence-corrected chi connectivity index (χ1v) is 6.62. The van der Waals surface area contributed by atoms with Crippen molar-refractivity contribution in [3.8, 4) is 0 Å². The van der Waals surface area contributed by atoms with Crippen molar-refractivity contribution in [2.75, 3.05) is 7.11 Å². The minimum atomic E-state index is 0.662. The molecule has 0 aromatic rings. The molecule has 0 unspecified atom stereocenters. The normalized spacial score (nSPS) is 8.59. The van der Waals surface area contributed by atoms with E-state index in [-0.39, 0.29) is 0 Å². The Kier molecular flexibility index (Phi) is 25.6. The highest BCUT2D eigenvalue weighted by Crippen LogP contribution is 2.01. The van der Waals surface area contributed by atoms with Gasteiger partial charge in [-0.15, -0.1) is 0 Å². The number of methoxy groups -OCH3 is 1. The maximum absolute atomic E-state index is 4.82. The van der Waals surface area contributed by atoms with Crippen LogP contribution in [0, 0.1) is 0 Å². The highest BCUT2D eigenvalue weighted by atomic mass is 16.5. The maximum atomic E-state index is 4.82. The van der Waals surface area contributed by atoms with Gasteiger partial charge in [0.25, 0.3) is 0 Å². The molecular formula is C16H32O. The molecule has 0 fully saturated rings. The number of hydrogen-bond acceptors (Lipinski definition) is 1. The van der Waals surface area contributed by atoms with Gasteiger partial charge < -0.3 is 4.74 Å². The van der Waals surface area contributed by atoms with Gasteiger partial charge in [-0.3, -0.25) is 0 Å². The number of hydrogen-bond donors (Lipinski definition) is 0. The van der Waals surface area contributed by atoms with E-state index in [1.807, 2.05) is 12.2 Å². The van der Waals surface area contributed by atoms with Crippen molar-refractivity contribution >= 4 is 0 Å². The zero-order chi connectivity index (χ0) is 14.1. The molecule has 0 N–H and O–H groups in total. The Morgan fingerprint density at radius 2 is 1.35 bits per heavy atom. The summed E-state index contributed by atoms with van der Waals surface area (Å²) in [4.78, 5) is 0. The number of allylic oxidation sites excluding steroid dienone is 3. The lowest BCUT2D eigenvalue weighted by Gasteiger charge is -1.95. The molecule has 1 heteroatoms. The first-order valence-electron chi connectivity index (χ1n) is 6.62. The van der Waals surface area contributed by atoms with E-state index in [0.29, 0.717) is 5.76 Å². The SMILES string of the molecule is C=C(/C=C\C(=C)OC)CC.CCC.CCCC. The van der Waals surface area contributed by atoms with Crippen molar-refractivity contribution in [3.63, 3.8) is 0 Å². The van der Waals surface area contributed by atoms with Crippen LogP contribution in [0.15, 0.2) is 36.6 Å². The zero-order valence-electron chi connectivity index (χ0n) is 12.8. The minimum absolute atomic E-state index is 0.662. The van der Waals surface area contributed by atoms with Gasteiger partial charge in [-0.2, -0.15) is 0 Å². The molecular weight excluding hydrogens is 208 g/mol. The molecule has 0 radical (unpaired) electrons. The maximum Gasteiger partial charge on any atom is 0.111 e. The van der Waals surface area contributed by atoms with E-state index in [1.165, 1.54) is 19.3 Å². The smallest absolute Gasteiger partial charge is 0.111 e. The van der Waals surface area contributed by atoms with E-state index in [2.05, 4.69) is 47.8 Å². The third kappa shape index (κ3) is 31.3. The lowest BCUT2D eigenvalue weighted by molar-refractivity contribution is 0.309. The van der Waals surface area contributed by atoms with Crippen molar-refractivity contribution in [2.45, 2.75) is 60.3 Å². The largest absolute Gasteiger partial charge is 0.497 e. The predicted molar refractivity (Wildman–Crippen MR) is 81.3 cm³/mol. The van der Waals surface area contributed by atoms with Gasteiger partial charge in [-0.25, -0.2) is 0 Å². The van der Waals surface area contributed by atoms with Crippen molar-refractivity contribution in [2.24, 2.45) is 0 Å². The topological polar surface area (TPSA) is 9.23 Å². The Balaban J connectivity index is -0.000000232. The molecule has 0 saturated heterocycles. The third-order valence-corrected chi connectivity index (χ3v) is 1.72. The Labute approximate surface area is 109 Å². The minimum Gasteiger partial charge on any atom is -0.497 e. The summed E-state index contributed by atoms with van der Waals surface area (Å²) in [6, 6.07) is 0. The highest BCUT2D eigenvalue weighted by molar-refractivity contribution is 5.20. The Hall–Kier alpha value is -0.980. The fourth-order valence-electron chi connectivity index (χ4n) is 0.397. The average molecular weight is 240 g/mol. The Morgan fingerprint density at radius 3 is 1.59 bits per heavy atom. The van der Waals surface area contributed by atoms with Crippen LogP contribution < -0.4 is 0 Å². The van der Waals surface area contributed by atoms with Gasteiger partial charge >= 0.3 is 0 Å². The van der Waals surface area contributed by atoms with Crippen molar-refractivity contribution in [1.82, 2.24) is 0 Å². The number of ether oxygens (including phenoxy) is 1. The van der Waals surface area contributed by atoms with Crippen LogP contribution in [0.1, 0.15) is 60.3 Å². The molecule has 0 aromatic heterocycles. The molecule has 0 saturated carbocycles. The van der Waals surface area contributed by atoms with Gasteiger partial charge in [0.15, 0.2) is 0 Å². The molecule has 0 bridgehead atoms. The molecule has 0 aliphatic rings.